The van der Waals surface area contributed by atoms with E-state index in [1.807, 2.05) is 36.1 Å². The van der Waals surface area contributed by atoms with E-state index in [-0.39, 0.29) is 5.91 Å². The first-order valence-corrected chi connectivity index (χ1v) is 9.67. The second-order valence-electron chi connectivity index (χ2n) is 6.43. The Bertz CT molecular complexity index is 754. The number of hydrogen-bond donors (Lipinski definition) is 1. The number of amides is 1. The van der Waals surface area contributed by atoms with Gasteiger partial charge in [0.15, 0.2) is 0 Å². The number of aryl methyl sites for hydroxylation is 1. The number of rotatable bonds is 5. The standard InChI is InChI=1S/C19H22N4OS/c1-14-10-18(22-21-14)17-6-8-23(9-7-17)19(24)13-25-12-16-4-2-15(11-20)3-5-16/h2-5,10,17H,6-9,12-13H2,1H3,(H,21,22). The maximum absolute atomic E-state index is 12.4. The van der Waals surface area contributed by atoms with Crippen LogP contribution in [-0.4, -0.2) is 39.8 Å². The van der Waals surface area contributed by atoms with Crippen LogP contribution in [0, 0.1) is 18.3 Å². The van der Waals surface area contributed by atoms with Gasteiger partial charge in [-0.1, -0.05) is 12.1 Å². The van der Waals surface area contributed by atoms with E-state index in [0.29, 0.717) is 17.2 Å². The van der Waals surface area contributed by atoms with Crippen LogP contribution in [-0.2, 0) is 10.5 Å². The molecule has 1 saturated heterocycles. The molecule has 1 amide bonds. The lowest BCUT2D eigenvalue weighted by Crippen LogP contribution is -2.39. The summed E-state index contributed by atoms with van der Waals surface area (Å²) in [6.07, 6.45) is 1.96. The van der Waals surface area contributed by atoms with Gasteiger partial charge in [-0.3, -0.25) is 9.89 Å². The second kappa shape index (κ2) is 8.21. The van der Waals surface area contributed by atoms with E-state index in [2.05, 4.69) is 22.3 Å². The number of aromatic nitrogens is 2. The summed E-state index contributed by atoms with van der Waals surface area (Å²) in [4.78, 5) is 14.4. The average Bonchev–Trinajstić information content (AvgIpc) is 3.09. The first-order valence-electron chi connectivity index (χ1n) is 8.52. The van der Waals surface area contributed by atoms with Crippen molar-refractivity contribution in [3.05, 3.63) is 52.8 Å². The first-order chi connectivity index (χ1) is 12.2. The van der Waals surface area contributed by atoms with Crippen LogP contribution >= 0.6 is 11.8 Å². The predicted octanol–water partition coefficient (Wildman–Crippen LogP) is 3.23. The number of carbonyl (C=O) groups is 1. The van der Waals surface area contributed by atoms with Gasteiger partial charge in [0.2, 0.25) is 5.91 Å². The van der Waals surface area contributed by atoms with Gasteiger partial charge in [0.05, 0.1) is 23.1 Å². The molecule has 130 valence electrons. The van der Waals surface area contributed by atoms with Crippen molar-refractivity contribution in [3.63, 3.8) is 0 Å². The fourth-order valence-electron chi connectivity index (χ4n) is 3.10. The molecule has 1 aliphatic rings. The van der Waals surface area contributed by atoms with Gasteiger partial charge >= 0.3 is 0 Å². The molecule has 1 aromatic heterocycles. The van der Waals surface area contributed by atoms with E-state index < -0.39 is 0 Å². The zero-order valence-corrected chi connectivity index (χ0v) is 15.2. The molecule has 6 heteroatoms. The molecule has 1 N–H and O–H groups in total. The number of hydrogen-bond acceptors (Lipinski definition) is 4. The van der Waals surface area contributed by atoms with Crippen LogP contribution in [0.1, 0.15) is 41.3 Å². The predicted molar refractivity (Wildman–Crippen MR) is 99.2 cm³/mol. The maximum atomic E-state index is 12.4. The van der Waals surface area contributed by atoms with Gasteiger partial charge in [0.25, 0.3) is 0 Å². The lowest BCUT2D eigenvalue weighted by atomic mass is 9.93. The molecule has 1 aliphatic heterocycles. The van der Waals surface area contributed by atoms with E-state index in [1.165, 1.54) is 0 Å². The van der Waals surface area contributed by atoms with Crippen LogP contribution in [0.4, 0.5) is 0 Å². The van der Waals surface area contributed by atoms with E-state index in [0.717, 1.165) is 48.6 Å². The normalized spacial score (nSPS) is 15.1. The molecule has 0 unspecified atom stereocenters. The summed E-state index contributed by atoms with van der Waals surface area (Å²) >= 11 is 1.63. The summed E-state index contributed by atoms with van der Waals surface area (Å²) < 4.78 is 0. The van der Waals surface area contributed by atoms with Crippen molar-refractivity contribution in [1.29, 1.82) is 5.26 Å². The molecule has 0 aliphatic carbocycles. The van der Waals surface area contributed by atoms with Gasteiger partial charge in [-0.05, 0) is 43.5 Å². The number of carbonyl (C=O) groups excluding carboxylic acids is 1. The first kappa shape index (κ1) is 17.6. The minimum atomic E-state index is 0.218. The van der Waals surface area contributed by atoms with Gasteiger partial charge in [0, 0.05) is 30.5 Å². The number of aromatic amines is 1. The molecule has 0 radical (unpaired) electrons. The highest BCUT2D eigenvalue weighted by Crippen LogP contribution is 2.27. The number of benzene rings is 1. The number of H-pyrrole nitrogens is 1. The zero-order valence-electron chi connectivity index (χ0n) is 14.4. The minimum Gasteiger partial charge on any atom is -0.342 e. The lowest BCUT2D eigenvalue weighted by Gasteiger charge is -2.31. The summed E-state index contributed by atoms with van der Waals surface area (Å²) in [5.74, 6) is 1.97. The molecule has 5 nitrogen and oxygen atoms in total. The number of likely N-dealkylation sites (tertiary alicyclic amines) is 1. The van der Waals surface area contributed by atoms with Crippen molar-refractivity contribution in [2.24, 2.45) is 0 Å². The fourth-order valence-corrected chi connectivity index (χ4v) is 3.98. The molecule has 0 bridgehead atoms. The Labute approximate surface area is 152 Å². The monoisotopic (exact) mass is 354 g/mol. The van der Waals surface area contributed by atoms with Crippen molar-refractivity contribution in [2.45, 2.75) is 31.4 Å². The van der Waals surface area contributed by atoms with Crippen molar-refractivity contribution in [3.8, 4) is 6.07 Å². The Morgan fingerprint density at radius 1 is 1.36 bits per heavy atom. The van der Waals surface area contributed by atoms with Crippen molar-refractivity contribution in [1.82, 2.24) is 15.1 Å². The van der Waals surface area contributed by atoms with Crippen LogP contribution in [0.25, 0.3) is 0 Å². The third-order valence-corrected chi connectivity index (χ3v) is 5.56. The topological polar surface area (TPSA) is 72.8 Å². The molecule has 3 rings (SSSR count). The molecule has 2 heterocycles. The minimum absolute atomic E-state index is 0.218. The number of nitrogens with zero attached hydrogens (tertiary/aromatic N) is 3. The zero-order chi connectivity index (χ0) is 17.6. The average molecular weight is 354 g/mol. The fraction of sp³-hybridized carbons (Fsp3) is 0.421. The second-order valence-corrected chi connectivity index (χ2v) is 7.42. The van der Waals surface area contributed by atoms with Gasteiger partial charge in [-0.25, -0.2) is 0 Å². The molecule has 0 atom stereocenters. The molecule has 2 aromatic rings. The molecule has 0 saturated carbocycles. The third kappa shape index (κ3) is 4.64. The Morgan fingerprint density at radius 3 is 2.68 bits per heavy atom. The highest BCUT2D eigenvalue weighted by Gasteiger charge is 2.24. The number of nitrogens with one attached hydrogen (secondary N) is 1. The molecular formula is C19H22N4OS. The summed E-state index contributed by atoms with van der Waals surface area (Å²) in [5, 5.41) is 16.2. The van der Waals surface area contributed by atoms with E-state index in [1.54, 1.807) is 11.8 Å². The number of thioether (sulfide) groups is 1. The van der Waals surface area contributed by atoms with E-state index >= 15 is 0 Å². The van der Waals surface area contributed by atoms with Crippen LogP contribution in [0.15, 0.2) is 30.3 Å². The Kier molecular flexibility index (Phi) is 5.77. The quantitative estimate of drug-likeness (QED) is 0.895. The summed E-state index contributed by atoms with van der Waals surface area (Å²) in [7, 11) is 0. The maximum Gasteiger partial charge on any atom is 0.232 e. The molecule has 1 aromatic carbocycles. The van der Waals surface area contributed by atoms with E-state index in [9.17, 15) is 4.79 Å². The Morgan fingerprint density at radius 2 is 2.08 bits per heavy atom. The Hall–Kier alpha value is -2.26. The summed E-state index contributed by atoms with van der Waals surface area (Å²) in [5.41, 5.74) is 4.02. The molecule has 25 heavy (non-hydrogen) atoms. The van der Waals surface area contributed by atoms with E-state index in [4.69, 9.17) is 5.26 Å². The van der Waals surface area contributed by atoms with Crippen molar-refractivity contribution < 1.29 is 4.79 Å². The summed E-state index contributed by atoms with van der Waals surface area (Å²) in [6, 6.07) is 11.8. The molecular weight excluding hydrogens is 332 g/mol. The highest BCUT2D eigenvalue weighted by atomic mass is 32.2. The van der Waals surface area contributed by atoms with Gasteiger partial charge < -0.3 is 4.90 Å². The van der Waals surface area contributed by atoms with Crippen molar-refractivity contribution >= 4 is 17.7 Å². The van der Waals surface area contributed by atoms with Crippen LogP contribution < -0.4 is 0 Å². The van der Waals surface area contributed by atoms with Crippen molar-refractivity contribution in [2.75, 3.05) is 18.8 Å². The van der Waals surface area contributed by atoms with Gasteiger partial charge in [-0.15, -0.1) is 11.8 Å². The van der Waals surface area contributed by atoms with Gasteiger partial charge in [-0.2, -0.15) is 10.4 Å². The highest BCUT2D eigenvalue weighted by molar-refractivity contribution is 7.99. The lowest BCUT2D eigenvalue weighted by molar-refractivity contribution is -0.129. The number of nitriles is 1. The van der Waals surface area contributed by atoms with Crippen LogP contribution in [0.5, 0.6) is 0 Å². The largest absolute Gasteiger partial charge is 0.342 e. The SMILES string of the molecule is Cc1cc(C2CCN(C(=O)CSCc3ccc(C#N)cc3)CC2)n[nH]1. The number of piperidine rings is 1. The van der Waals surface area contributed by atoms with Crippen LogP contribution in [0.3, 0.4) is 0 Å². The summed E-state index contributed by atoms with van der Waals surface area (Å²) in [6.45, 7) is 3.64. The smallest absolute Gasteiger partial charge is 0.232 e. The van der Waals surface area contributed by atoms with Crippen LogP contribution in [0.2, 0.25) is 0 Å². The molecule has 1 fully saturated rings. The van der Waals surface area contributed by atoms with Gasteiger partial charge in [0.1, 0.15) is 0 Å². The molecule has 0 spiro atoms. The Balaban J connectivity index is 1.41. The third-order valence-electron chi connectivity index (χ3n) is 4.57.